The molecule has 8 nitrogen and oxygen atoms in total. The third-order valence-corrected chi connectivity index (χ3v) is 5.69. The lowest BCUT2D eigenvalue weighted by atomic mass is 10.0. The molecule has 4 heterocycles. The summed E-state index contributed by atoms with van der Waals surface area (Å²) in [5.41, 5.74) is 3.43. The van der Waals surface area contributed by atoms with E-state index in [2.05, 4.69) is 10.1 Å². The molecule has 0 amide bonds. The molecule has 4 aromatic heterocycles. The lowest BCUT2D eigenvalue weighted by Crippen LogP contribution is -2.17. The van der Waals surface area contributed by atoms with E-state index in [0.29, 0.717) is 38.8 Å². The molecule has 6 rings (SSSR count). The zero-order valence-electron chi connectivity index (χ0n) is 16.9. The number of hydrogen-bond donors (Lipinski definition) is 0. The molecule has 9 heteroatoms. The van der Waals surface area contributed by atoms with Crippen molar-refractivity contribution in [3.63, 3.8) is 0 Å². The first-order valence-electron chi connectivity index (χ1n) is 9.56. The van der Waals surface area contributed by atoms with E-state index in [-0.39, 0.29) is 16.8 Å². The maximum Gasteiger partial charge on any atom is 0.333 e. The monoisotopic (exact) mass is 417 g/mol. The van der Waals surface area contributed by atoms with Crippen LogP contribution in [0.1, 0.15) is 0 Å². The normalized spacial score (nSPS) is 12.0. The summed E-state index contributed by atoms with van der Waals surface area (Å²) in [4.78, 5) is 17.7. The molecule has 0 aliphatic carbocycles. The zero-order chi connectivity index (χ0) is 21.4. The summed E-state index contributed by atoms with van der Waals surface area (Å²) in [6.45, 7) is 0. The number of nitrogens with zero attached hydrogens (tertiary/aromatic N) is 5. The van der Waals surface area contributed by atoms with Gasteiger partial charge in [0.05, 0.1) is 47.0 Å². The Morgan fingerprint density at radius 1 is 1.16 bits per heavy atom. The molecule has 0 aliphatic rings. The van der Waals surface area contributed by atoms with E-state index in [4.69, 9.17) is 9.15 Å². The van der Waals surface area contributed by atoms with E-state index in [1.807, 2.05) is 13.2 Å². The molecule has 0 fully saturated rings. The molecule has 0 saturated carbocycles. The highest BCUT2D eigenvalue weighted by molar-refractivity contribution is 6.16. The number of hydrogen-bond acceptors (Lipinski definition) is 5. The van der Waals surface area contributed by atoms with Crippen molar-refractivity contribution in [1.29, 1.82) is 0 Å². The average Bonchev–Trinajstić information content (AvgIpc) is 3.23. The highest BCUT2D eigenvalue weighted by atomic mass is 19.1. The molecule has 0 spiro atoms. The number of halogens is 1. The minimum atomic E-state index is -0.556. The Balaban J connectivity index is 2.04. The number of ether oxygens (including phenoxy) is 1. The summed E-state index contributed by atoms with van der Waals surface area (Å²) >= 11 is 0. The Morgan fingerprint density at radius 2 is 2.00 bits per heavy atom. The van der Waals surface area contributed by atoms with Crippen molar-refractivity contribution in [2.45, 2.75) is 0 Å². The Bertz CT molecular complexity index is 1740. The van der Waals surface area contributed by atoms with Crippen LogP contribution in [0.5, 0.6) is 5.75 Å². The average molecular weight is 417 g/mol. The first-order chi connectivity index (χ1) is 15.0. The molecule has 0 radical (unpaired) electrons. The summed E-state index contributed by atoms with van der Waals surface area (Å²) in [5, 5.41) is 4.87. The van der Waals surface area contributed by atoms with Crippen LogP contribution in [0.3, 0.4) is 0 Å². The molecule has 0 atom stereocenters. The second-order valence-corrected chi connectivity index (χ2v) is 7.44. The van der Waals surface area contributed by atoms with Crippen LogP contribution in [0, 0.1) is 5.82 Å². The van der Waals surface area contributed by atoms with Crippen LogP contribution in [0.4, 0.5) is 4.39 Å². The van der Waals surface area contributed by atoms with E-state index in [1.165, 1.54) is 15.0 Å². The summed E-state index contributed by atoms with van der Waals surface area (Å²) in [7, 11) is 5.02. The summed E-state index contributed by atoms with van der Waals surface area (Å²) < 4.78 is 31.5. The van der Waals surface area contributed by atoms with Gasteiger partial charge in [0, 0.05) is 31.9 Å². The van der Waals surface area contributed by atoms with Crippen LogP contribution < -0.4 is 10.4 Å². The van der Waals surface area contributed by atoms with Gasteiger partial charge in [-0.05, 0) is 12.1 Å². The Hall–Kier alpha value is -4.14. The van der Waals surface area contributed by atoms with Gasteiger partial charge in [0.1, 0.15) is 11.3 Å². The third-order valence-electron chi connectivity index (χ3n) is 5.69. The topological polar surface area (TPSA) is 79.5 Å². The van der Waals surface area contributed by atoms with Crippen molar-refractivity contribution in [2.75, 3.05) is 7.11 Å². The fourth-order valence-electron chi connectivity index (χ4n) is 4.29. The smallest absolute Gasteiger partial charge is 0.333 e. The molecule has 0 bridgehead atoms. The molecule has 0 aliphatic heterocycles. The van der Waals surface area contributed by atoms with Crippen LogP contribution in [0.15, 0.2) is 52.1 Å². The van der Waals surface area contributed by atoms with Crippen LogP contribution in [0.25, 0.3) is 49.7 Å². The highest BCUT2D eigenvalue weighted by Gasteiger charge is 2.24. The quantitative estimate of drug-likeness (QED) is 0.430. The molecule has 6 aromatic rings. The van der Waals surface area contributed by atoms with Gasteiger partial charge in [-0.3, -0.25) is 18.6 Å². The van der Waals surface area contributed by atoms with Gasteiger partial charge < -0.3 is 9.15 Å². The number of imidazole rings is 1. The number of benzene rings is 2. The van der Waals surface area contributed by atoms with Crippen molar-refractivity contribution < 1.29 is 13.5 Å². The predicted molar refractivity (Wildman–Crippen MR) is 114 cm³/mol. The summed E-state index contributed by atoms with van der Waals surface area (Å²) in [6, 6.07) is 6.29. The van der Waals surface area contributed by atoms with E-state index in [9.17, 15) is 4.79 Å². The van der Waals surface area contributed by atoms with Crippen molar-refractivity contribution >= 4 is 38.6 Å². The molecular formula is C22H16FN5O3. The van der Waals surface area contributed by atoms with Crippen molar-refractivity contribution in [1.82, 2.24) is 23.7 Å². The third kappa shape index (κ3) is 2.20. The lowest BCUT2D eigenvalue weighted by Gasteiger charge is -2.11. The molecule has 0 saturated heterocycles. The maximum absolute atomic E-state index is 15.0. The van der Waals surface area contributed by atoms with Crippen molar-refractivity contribution in [2.24, 2.45) is 14.1 Å². The minimum Gasteiger partial charge on any atom is -0.496 e. The zero-order valence-corrected chi connectivity index (χ0v) is 16.9. The van der Waals surface area contributed by atoms with Gasteiger partial charge in [-0.1, -0.05) is 6.07 Å². The van der Waals surface area contributed by atoms with Gasteiger partial charge in [-0.25, -0.2) is 9.18 Å². The summed E-state index contributed by atoms with van der Waals surface area (Å²) in [6.07, 6.45) is 5.15. The fourth-order valence-corrected chi connectivity index (χ4v) is 4.29. The lowest BCUT2D eigenvalue weighted by molar-refractivity contribution is 0.416. The van der Waals surface area contributed by atoms with Gasteiger partial charge in [-0.2, -0.15) is 5.10 Å². The first kappa shape index (κ1) is 17.7. The maximum atomic E-state index is 15.0. The van der Waals surface area contributed by atoms with E-state index < -0.39 is 5.82 Å². The van der Waals surface area contributed by atoms with Crippen LogP contribution in [0.2, 0.25) is 0 Å². The SMILES string of the molecule is COc1cc2ncc3c4c2c(oc2cccc(F)c2n4c(=O)n3C)c1-c1cnn(C)c1. The van der Waals surface area contributed by atoms with Crippen LogP contribution in [-0.2, 0) is 14.1 Å². The van der Waals surface area contributed by atoms with Crippen LogP contribution >= 0.6 is 0 Å². The van der Waals surface area contributed by atoms with Gasteiger partial charge in [0.2, 0.25) is 0 Å². The molecule has 31 heavy (non-hydrogen) atoms. The number of aromatic nitrogens is 5. The van der Waals surface area contributed by atoms with Crippen molar-refractivity contribution in [3.05, 3.63) is 59.2 Å². The fraction of sp³-hybridized carbons (Fsp3) is 0.136. The van der Waals surface area contributed by atoms with Gasteiger partial charge in [0.15, 0.2) is 17.0 Å². The Morgan fingerprint density at radius 3 is 2.74 bits per heavy atom. The molecular weight excluding hydrogens is 401 g/mol. The molecule has 154 valence electrons. The van der Waals surface area contributed by atoms with Crippen LogP contribution in [-0.4, -0.2) is 30.8 Å². The summed E-state index contributed by atoms with van der Waals surface area (Å²) in [5.74, 6) is -0.0215. The molecule has 0 unspecified atom stereocenters. The van der Waals surface area contributed by atoms with E-state index in [1.54, 1.807) is 49.4 Å². The van der Waals surface area contributed by atoms with Gasteiger partial charge in [-0.15, -0.1) is 0 Å². The van der Waals surface area contributed by atoms with E-state index in [0.717, 1.165) is 5.56 Å². The highest BCUT2D eigenvalue weighted by Crippen LogP contribution is 2.42. The number of fused-ring (bicyclic) bond motifs is 2. The minimum absolute atomic E-state index is 0.0675. The second kappa shape index (κ2) is 5.94. The van der Waals surface area contributed by atoms with Crippen molar-refractivity contribution in [3.8, 4) is 16.9 Å². The molecule has 0 N–H and O–H groups in total. The van der Waals surface area contributed by atoms with E-state index >= 15 is 4.39 Å². The number of pyridine rings is 1. The largest absolute Gasteiger partial charge is 0.496 e. The predicted octanol–water partition coefficient (Wildman–Crippen LogP) is 3.63. The van der Waals surface area contributed by atoms with Gasteiger partial charge in [0.25, 0.3) is 0 Å². The Kier molecular flexibility index (Phi) is 3.39. The second-order valence-electron chi connectivity index (χ2n) is 7.44. The number of methoxy groups -OCH3 is 1. The first-order valence-corrected chi connectivity index (χ1v) is 9.56. The number of para-hydroxylation sites is 1. The van der Waals surface area contributed by atoms with Gasteiger partial charge >= 0.3 is 5.69 Å². The number of aryl methyl sites for hydroxylation is 2. The standard InChI is InChI=1S/C22H16FN5O3/c1-26-10-11(8-25-26)17-16(30-3)7-13-18-20-14(9-24-13)27(2)22(29)28(20)19-12(23)5-4-6-15(19)31-21(17)18/h4-10H,1-3H3. The molecule has 2 aromatic carbocycles. The number of rotatable bonds is 2. The Labute approximate surface area is 173 Å².